The molecule has 2 saturated heterocycles. The highest BCUT2D eigenvalue weighted by Gasteiger charge is 2.42. The number of likely N-dealkylation sites (tertiary alicyclic amines) is 2. The van der Waals surface area contributed by atoms with Crippen molar-refractivity contribution in [2.75, 3.05) is 26.2 Å². The summed E-state index contributed by atoms with van der Waals surface area (Å²) in [6, 6.07) is 10.6. The highest BCUT2D eigenvalue weighted by Crippen LogP contribution is 2.41. The second kappa shape index (κ2) is 8.38. The number of carbonyl (C=O) groups is 1. The molecule has 30 heavy (non-hydrogen) atoms. The highest BCUT2D eigenvalue weighted by molar-refractivity contribution is 7.80. The van der Waals surface area contributed by atoms with Gasteiger partial charge in [0, 0.05) is 26.2 Å². The molecule has 1 N–H and O–H groups in total. The lowest BCUT2D eigenvalue weighted by Gasteiger charge is -2.39. The van der Waals surface area contributed by atoms with Crippen LogP contribution in [0, 0.1) is 19.3 Å². The van der Waals surface area contributed by atoms with E-state index < -0.39 is 0 Å². The maximum Gasteiger partial charge on any atom is 0.259 e. The normalized spacial score (nSPS) is 19.2. The standard InChI is InChI=1S/C23H30N4O2S/c1-16(19-7-5-4-6-8-19)24-22(30)27-14-11-23(15-27)9-12-26(13-10-23)21(28)20-17(2)25-29-18(20)3/h4-8,16H,9-15H2,1-3H3,(H,24,30). The molecule has 2 aliphatic heterocycles. The number of rotatable bonds is 3. The van der Waals surface area contributed by atoms with E-state index in [-0.39, 0.29) is 17.4 Å². The number of aromatic nitrogens is 1. The summed E-state index contributed by atoms with van der Waals surface area (Å²) in [5.74, 6) is 0.651. The van der Waals surface area contributed by atoms with Crippen molar-refractivity contribution in [1.29, 1.82) is 0 Å². The Morgan fingerprint density at radius 3 is 2.37 bits per heavy atom. The molecular weight excluding hydrogens is 396 g/mol. The van der Waals surface area contributed by atoms with Gasteiger partial charge in [-0.3, -0.25) is 4.79 Å². The fraction of sp³-hybridized carbons (Fsp3) is 0.522. The van der Waals surface area contributed by atoms with Gasteiger partial charge in [-0.2, -0.15) is 0 Å². The number of benzene rings is 1. The van der Waals surface area contributed by atoms with Crippen LogP contribution in [-0.2, 0) is 0 Å². The van der Waals surface area contributed by atoms with Crippen molar-refractivity contribution >= 4 is 23.2 Å². The van der Waals surface area contributed by atoms with Crippen LogP contribution in [0.5, 0.6) is 0 Å². The average Bonchev–Trinajstić information content (AvgIpc) is 3.32. The molecule has 1 unspecified atom stereocenters. The second-order valence-corrected chi connectivity index (χ2v) is 9.13. The molecule has 1 amide bonds. The van der Waals surface area contributed by atoms with Gasteiger partial charge >= 0.3 is 0 Å². The molecule has 160 valence electrons. The number of thiocarbonyl (C=S) groups is 1. The summed E-state index contributed by atoms with van der Waals surface area (Å²) in [5.41, 5.74) is 2.78. The Balaban J connectivity index is 1.32. The number of aryl methyl sites for hydroxylation is 2. The van der Waals surface area contributed by atoms with Crippen molar-refractivity contribution in [2.24, 2.45) is 5.41 Å². The van der Waals surface area contributed by atoms with Crippen LogP contribution in [0.4, 0.5) is 0 Å². The molecule has 0 saturated carbocycles. The third-order valence-corrected chi connectivity index (χ3v) is 7.10. The van der Waals surface area contributed by atoms with E-state index in [1.807, 2.05) is 17.9 Å². The van der Waals surface area contributed by atoms with Gasteiger partial charge in [0.15, 0.2) is 5.11 Å². The van der Waals surface area contributed by atoms with E-state index in [1.165, 1.54) is 5.56 Å². The summed E-state index contributed by atoms with van der Waals surface area (Å²) in [7, 11) is 0. The second-order valence-electron chi connectivity index (χ2n) is 8.74. The number of amides is 1. The zero-order valence-electron chi connectivity index (χ0n) is 18.0. The molecule has 1 aromatic heterocycles. The number of carbonyl (C=O) groups excluding carboxylic acids is 1. The maximum atomic E-state index is 12.9. The number of nitrogens with one attached hydrogen (secondary N) is 1. The first-order chi connectivity index (χ1) is 14.4. The molecule has 7 heteroatoms. The van der Waals surface area contributed by atoms with Crippen LogP contribution in [0.3, 0.4) is 0 Å². The van der Waals surface area contributed by atoms with E-state index in [2.05, 4.69) is 46.6 Å². The number of hydrogen-bond donors (Lipinski definition) is 1. The number of hydrogen-bond acceptors (Lipinski definition) is 4. The Kier molecular flexibility index (Phi) is 5.82. The molecule has 2 aromatic rings. The Hall–Kier alpha value is -2.41. The van der Waals surface area contributed by atoms with Crippen LogP contribution in [0.2, 0.25) is 0 Å². The van der Waals surface area contributed by atoms with Gasteiger partial charge in [0.2, 0.25) is 0 Å². The zero-order valence-corrected chi connectivity index (χ0v) is 18.8. The Bertz CT molecular complexity index is 899. The van der Waals surface area contributed by atoms with E-state index in [0.717, 1.165) is 50.6 Å². The van der Waals surface area contributed by atoms with Gasteiger partial charge in [-0.1, -0.05) is 35.5 Å². The zero-order chi connectivity index (χ0) is 21.3. The Morgan fingerprint density at radius 2 is 1.77 bits per heavy atom. The van der Waals surface area contributed by atoms with E-state index in [9.17, 15) is 4.79 Å². The fourth-order valence-electron chi connectivity index (χ4n) is 4.75. The summed E-state index contributed by atoms with van der Waals surface area (Å²) in [5, 5.41) is 8.25. The average molecular weight is 427 g/mol. The van der Waals surface area contributed by atoms with Gasteiger partial charge in [-0.15, -0.1) is 0 Å². The SMILES string of the molecule is Cc1noc(C)c1C(=O)N1CCC2(CC1)CCN(C(=S)NC(C)c1ccccc1)C2. The molecule has 6 nitrogen and oxygen atoms in total. The van der Waals surface area contributed by atoms with Crippen LogP contribution in [0.1, 0.15) is 59.6 Å². The monoisotopic (exact) mass is 426 g/mol. The number of nitrogens with zero attached hydrogens (tertiary/aromatic N) is 3. The smallest absolute Gasteiger partial charge is 0.259 e. The van der Waals surface area contributed by atoms with Crippen LogP contribution in [0.15, 0.2) is 34.9 Å². The van der Waals surface area contributed by atoms with E-state index in [1.54, 1.807) is 6.92 Å². The van der Waals surface area contributed by atoms with Gasteiger partial charge in [0.25, 0.3) is 5.91 Å². The minimum absolute atomic E-state index is 0.0461. The Labute approximate surface area is 183 Å². The lowest BCUT2D eigenvalue weighted by molar-refractivity contribution is 0.0596. The maximum absolute atomic E-state index is 12.9. The quantitative estimate of drug-likeness (QED) is 0.752. The van der Waals surface area contributed by atoms with Gasteiger partial charge in [-0.25, -0.2) is 0 Å². The first-order valence-electron chi connectivity index (χ1n) is 10.7. The largest absolute Gasteiger partial charge is 0.361 e. The van der Waals surface area contributed by atoms with Crippen molar-refractivity contribution in [3.05, 3.63) is 52.9 Å². The van der Waals surface area contributed by atoms with Crippen LogP contribution < -0.4 is 5.32 Å². The van der Waals surface area contributed by atoms with Crippen molar-refractivity contribution in [3.63, 3.8) is 0 Å². The van der Waals surface area contributed by atoms with Crippen LogP contribution >= 0.6 is 12.2 Å². The molecule has 0 aliphatic carbocycles. The minimum atomic E-state index is 0.0461. The third kappa shape index (κ3) is 4.08. The molecule has 0 radical (unpaired) electrons. The predicted octanol–water partition coefficient (Wildman–Crippen LogP) is 3.86. The molecule has 3 heterocycles. The topological polar surface area (TPSA) is 61.6 Å². The summed E-state index contributed by atoms with van der Waals surface area (Å²) in [6.07, 6.45) is 3.15. The molecule has 1 spiro atoms. The van der Waals surface area contributed by atoms with Crippen molar-refractivity contribution in [2.45, 2.75) is 46.1 Å². The molecule has 4 rings (SSSR count). The Morgan fingerprint density at radius 1 is 1.13 bits per heavy atom. The lowest BCUT2D eigenvalue weighted by Crippen LogP contribution is -2.46. The van der Waals surface area contributed by atoms with Crippen molar-refractivity contribution in [3.8, 4) is 0 Å². The highest BCUT2D eigenvalue weighted by atomic mass is 32.1. The molecular formula is C23H30N4O2S. The van der Waals surface area contributed by atoms with E-state index >= 15 is 0 Å². The summed E-state index contributed by atoms with van der Waals surface area (Å²) in [6.45, 7) is 9.27. The van der Waals surface area contributed by atoms with Crippen molar-refractivity contribution in [1.82, 2.24) is 20.3 Å². The fourth-order valence-corrected chi connectivity index (χ4v) is 5.08. The summed E-state index contributed by atoms with van der Waals surface area (Å²) in [4.78, 5) is 17.2. The summed E-state index contributed by atoms with van der Waals surface area (Å²) < 4.78 is 5.18. The predicted molar refractivity (Wildman–Crippen MR) is 120 cm³/mol. The first-order valence-corrected chi connectivity index (χ1v) is 11.1. The van der Waals surface area contributed by atoms with E-state index in [4.69, 9.17) is 16.7 Å². The van der Waals surface area contributed by atoms with Gasteiger partial charge < -0.3 is 19.6 Å². The molecule has 1 aromatic carbocycles. The van der Waals surface area contributed by atoms with Gasteiger partial charge in [0.05, 0.1) is 11.7 Å². The van der Waals surface area contributed by atoms with Gasteiger partial charge in [-0.05, 0) is 63.2 Å². The molecule has 2 aliphatic rings. The van der Waals surface area contributed by atoms with Gasteiger partial charge in [0.1, 0.15) is 11.3 Å². The molecule has 2 fully saturated rings. The minimum Gasteiger partial charge on any atom is -0.361 e. The number of piperidine rings is 1. The third-order valence-electron chi connectivity index (χ3n) is 6.72. The van der Waals surface area contributed by atoms with Crippen LogP contribution in [0.25, 0.3) is 0 Å². The molecule has 0 bridgehead atoms. The summed E-state index contributed by atoms with van der Waals surface area (Å²) >= 11 is 5.72. The molecule has 1 atom stereocenters. The first kappa shape index (κ1) is 20.8. The lowest BCUT2D eigenvalue weighted by atomic mass is 9.77. The van der Waals surface area contributed by atoms with E-state index in [0.29, 0.717) is 17.0 Å². The van der Waals surface area contributed by atoms with Crippen LogP contribution in [-0.4, -0.2) is 52.2 Å². The van der Waals surface area contributed by atoms with Crippen molar-refractivity contribution < 1.29 is 9.32 Å².